The number of thioether (sulfide) groups is 1. The average Bonchev–Trinajstić information content (AvgIpc) is 2.74. The summed E-state index contributed by atoms with van der Waals surface area (Å²) in [6, 6.07) is 15.4. The maximum absolute atomic E-state index is 12.7. The SMILES string of the molecule is O=C(CCC(=O)N1CCSc2ccccc21)NCc1cccc(NC(=O)C2CCC2)c1. The van der Waals surface area contributed by atoms with Crippen LogP contribution in [0.1, 0.15) is 37.7 Å². The Hall–Kier alpha value is -2.80. The summed E-state index contributed by atoms with van der Waals surface area (Å²) in [6.45, 7) is 1.03. The molecule has 0 aromatic heterocycles. The van der Waals surface area contributed by atoms with E-state index in [2.05, 4.69) is 10.6 Å². The van der Waals surface area contributed by atoms with E-state index in [1.807, 2.05) is 48.5 Å². The van der Waals surface area contributed by atoms with E-state index in [-0.39, 0.29) is 36.5 Å². The standard InChI is InChI=1S/C24H27N3O3S/c28-22(11-12-23(29)27-13-14-31-21-10-2-1-9-20(21)27)25-16-17-5-3-8-19(15-17)26-24(30)18-6-4-7-18/h1-3,5,8-10,15,18H,4,6-7,11-14,16H2,(H,25,28)(H,26,30). The molecule has 2 aliphatic rings. The van der Waals surface area contributed by atoms with E-state index < -0.39 is 0 Å². The van der Waals surface area contributed by atoms with E-state index in [0.717, 1.165) is 46.8 Å². The highest BCUT2D eigenvalue weighted by Gasteiger charge is 2.25. The maximum Gasteiger partial charge on any atom is 0.227 e. The molecule has 1 saturated carbocycles. The number of nitrogens with one attached hydrogen (secondary N) is 2. The van der Waals surface area contributed by atoms with Crippen LogP contribution in [-0.2, 0) is 20.9 Å². The van der Waals surface area contributed by atoms with Gasteiger partial charge in [-0.15, -0.1) is 11.8 Å². The molecule has 0 bridgehead atoms. The van der Waals surface area contributed by atoms with Crippen molar-refractivity contribution in [2.24, 2.45) is 5.92 Å². The Bertz CT molecular complexity index is 974. The van der Waals surface area contributed by atoms with E-state index in [9.17, 15) is 14.4 Å². The fourth-order valence-electron chi connectivity index (χ4n) is 3.75. The number of nitrogens with zero attached hydrogens (tertiary/aromatic N) is 1. The molecule has 2 N–H and O–H groups in total. The van der Waals surface area contributed by atoms with Gasteiger partial charge in [0.15, 0.2) is 0 Å². The third-order valence-electron chi connectivity index (χ3n) is 5.76. The number of fused-ring (bicyclic) bond motifs is 1. The second-order valence-corrected chi connectivity index (χ2v) is 9.09. The number of carbonyl (C=O) groups is 3. The molecule has 0 saturated heterocycles. The summed E-state index contributed by atoms with van der Waals surface area (Å²) in [4.78, 5) is 40.0. The monoisotopic (exact) mass is 437 g/mol. The first-order valence-electron chi connectivity index (χ1n) is 10.8. The van der Waals surface area contributed by atoms with Crippen LogP contribution in [0.4, 0.5) is 11.4 Å². The largest absolute Gasteiger partial charge is 0.352 e. The molecule has 31 heavy (non-hydrogen) atoms. The van der Waals surface area contributed by atoms with Gasteiger partial charge in [-0.2, -0.15) is 0 Å². The van der Waals surface area contributed by atoms with Crippen LogP contribution in [-0.4, -0.2) is 30.0 Å². The first kappa shape index (κ1) is 21.4. The second kappa shape index (κ2) is 10.0. The third kappa shape index (κ3) is 5.47. The molecule has 0 spiro atoms. The predicted octanol–water partition coefficient (Wildman–Crippen LogP) is 3.96. The van der Waals surface area contributed by atoms with Gasteiger partial charge in [-0.1, -0.05) is 30.7 Å². The Kier molecular flexibility index (Phi) is 6.92. The van der Waals surface area contributed by atoms with Crippen LogP contribution in [0.15, 0.2) is 53.4 Å². The molecular formula is C24H27N3O3S. The zero-order valence-corrected chi connectivity index (χ0v) is 18.2. The van der Waals surface area contributed by atoms with Crippen LogP contribution >= 0.6 is 11.8 Å². The summed E-state index contributed by atoms with van der Waals surface area (Å²) in [5.41, 5.74) is 2.60. The van der Waals surface area contributed by atoms with Crippen molar-refractivity contribution in [1.82, 2.24) is 5.32 Å². The van der Waals surface area contributed by atoms with Gasteiger partial charge >= 0.3 is 0 Å². The molecule has 2 aromatic rings. The Morgan fingerprint density at radius 2 is 1.87 bits per heavy atom. The number of benzene rings is 2. The van der Waals surface area contributed by atoms with Gasteiger partial charge in [0, 0.05) is 48.2 Å². The average molecular weight is 438 g/mol. The zero-order chi connectivity index (χ0) is 21.6. The van der Waals surface area contributed by atoms with E-state index in [0.29, 0.717) is 13.1 Å². The number of rotatable bonds is 7. The first-order valence-corrected chi connectivity index (χ1v) is 11.8. The maximum atomic E-state index is 12.7. The molecule has 3 amide bonds. The molecule has 0 unspecified atom stereocenters. The summed E-state index contributed by atoms with van der Waals surface area (Å²) in [6.07, 6.45) is 3.38. The van der Waals surface area contributed by atoms with Gasteiger partial charge < -0.3 is 15.5 Å². The molecule has 0 radical (unpaired) electrons. The minimum atomic E-state index is -0.156. The van der Waals surface area contributed by atoms with Gasteiger partial charge in [-0.25, -0.2) is 0 Å². The molecule has 4 rings (SSSR count). The molecule has 1 aliphatic carbocycles. The molecule has 1 heterocycles. The highest BCUT2D eigenvalue weighted by atomic mass is 32.2. The second-order valence-electron chi connectivity index (χ2n) is 7.96. The zero-order valence-electron chi connectivity index (χ0n) is 17.4. The normalized spacial score (nSPS) is 15.5. The van der Waals surface area contributed by atoms with Crippen LogP contribution in [0.25, 0.3) is 0 Å². The minimum absolute atomic E-state index is 0.0244. The topological polar surface area (TPSA) is 78.5 Å². The fourth-order valence-corrected chi connectivity index (χ4v) is 4.74. The van der Waals surface area contributed by atoms with Gasteiger partial charge in [0.1, 0.15) is 0 Å². The van der Waals surface area contributed by atoms with Crippen molar-refractivity contribution in [2.45, 2.75) is 43.5 Å². The van der Waals surface area contributed by atoms with Crippen LogP contribution < -0.4 is 15.5 Å². The molecule has 7 heteroatoms. The van der Waals surface area contributed by atoms with Crippen LogP contribution in [0.3, 0.4) is 0 Å². The summed E-state index contributed by atoms with van der Waals surface area (Å²) in [5, 5.41) is 5.83. The van der Waals surface area contributed by atoms with E-state index in [4.69, 9.17) is 0 Å². The number of anilines is 2. The van der Waals surface area contributed by atoms with Crippen LogP contribution in [0, 0.1) is 5.92 Å². The Morgan fingerprint density at radius 3 is 2.68 bits per heavy atom. The Morgan fingerprint density at radius 1 is 1.03 bits per heavy atom. The highest BCUT2D eigenvalue weighted by Crippen LogP contribution is 2.34. The van der Waals surface area contributed by atoms with Crippen LogP contribution in [0.5, 0.6) is 0 Å². The molecule has 6 nitrogen and oxygen atoms in total. The lowest BCUT2D eigenvalue weighted by Gasteiger charge is -2.29. The lowest BCUT2D eigenvalue weighted by Crippen LogP contribution is -2.36. The van der Waals surface area contributed by atoms with Gasteiger partial charge in [0.05, 0.1) is 5.69 Å². The van der Waals surface area contributed by atoms with Crippen LogP contribution in [0.2, 0.25) is 0 Å². The van der Waals surface area contributed by atoms with Gasteiger partial charge in [-0.3, -0.25) is 14.4 Å². The van der Waals surface area contributed by atoms with Gasteiger partial charge in [0.2, 0.25) is 17.7 Å². The van der Waals surface area contributed by atoms with Crippen molar-refractivity contribution in [2.75, 3.05) is 22.5 Å². The Labute approximate surface area is 186 Å². The van der Waals surface area contributed by atoms with Crippen molar-refractivity contribution >= 4 is 40.9 Å². The number of hydrogen-bond donors (Lipinski definition) is 2. The minimum Gasteiger partial charge on any atom is -0.352 e. The predicted molar refractivity (Wildman–Crippen MR) is 123 cm³/mol. The quantitative estimate of drug-likeness (QED) is 0.687. The number of para-hydroxylation sites is 1. The number of carbonyl (C=O) groups excluding carboxylic acids is 3. The lowest BCUT2D eigenvalue weighted by molar-refractivity contribution is -0.125. The van der Waals surface area contributed by atoms with Gasteiger partial charge in [0.25, 0.3) is 0 Å². The fraction of sp³-hybridized carbons (Fsp3) is 0.375. The van der Waals surface area contributed by atoms with Crippen molar-refractivity contribution in [3.8, 4) is 0 Å². The summed E-state index contributed by atoms with van der Waals surface area (Å²) < 4.78 is 0. The molecule has 162 valence electrons. The van der Waals surface area contributed by atoms with Crippen molar-refractivity contribution < 1.29 is 14.4 Å². The van der Waals surface area contributed by atoms with E-state index >= 15 is 0 Å². The molecule has 2 aromatic carbocycles. The molecule has 0 atom stereocenters. The lowest BCUT2D eigenvalue weighted by atomic mass is 9.85. The summed E-state index contributed by atoms with van der Waals surface area (Å²) >= 11 is 1.75. The van der Waals surface area contributed by atoms with Crippen molar-refractivity contribution in [1.29, 1.82) is 0 Å². The van der Waals surface area contributed by atoms with E-state index in [1.165, 1.54) is 0 Å². The summed E-state index contributed by atoms with van der Waals surface area (Å²) in [5.74, 6) is 0.887. The molecular weight excluding hydrogens is 410 g/mol. The molecule has 1 fully saturated rings. The van der Waals surface area contributed by atoms with Crippen molar-refractivity contribution in [3.05, 3.63) is 54.1 Å². The third-order valence-corrected chi connectivity index (χ3v) is 6.80. The Balaban J connectivity index is 1.24. The first-order chi connectivity index (χ1) is 15.1. The molecule has 1 aliphatic heterocycles. The highest BCUT2D eigenvalue weighted by molar-refractivity contribution is 7.99. The summed E-state index contributed by atoms with van der Waals surface area (Å²) in [7, 11) is 0. The number of amides is 3. The smallest absolute Gasteiger partial charge is 0.227 e. The van der Waals surface area contributed by atoms with Gasteiger partial charge in [-0.05, 0) is 42.7 Å². The van der Waals surface area contributed by atoms with E-state index in [1.54, 1.807) is 16.7 Å². The van der Waals surface area contributed by atoms with Crippen molar-refractivity contribution in [3.63, 3.8) is 0 Å². The number of hydrogen-bond acceptors (Lipinski definition) is 4.